The lowest BCUT2D eigenvalue weighted by Gasteiger charge is -2.17. The lowest BCUT2D eigenvalue weighted by atomic mass is 9.91. The molecule has 0 atom stereocenters. The topological polar surface area (TPSA) is 42.7 Å². The van der Waals surface area contributed by atoms with Gasteiger partial charge in [-0.15, -0.1) is 11.3 Å². The molecule has 0 aliphatic rings. The summed E-state index contributed by atoms with van der Waals surface area (Å²) >= 11 is 1.75. The van der Waals surface area contributed by atoms with E-state index in [-0.39, 0.29) is 5.41 Å². The van der Waals surface area contributed by atoms with Crippen LogP contribution in [0.5, 0.6) is 0 Å². The SMILES string of the molecule is CCCNCc1sc(-c2nccn2C)nc1C(C)(C)C. The van der Waals surface area contributed by atoms with E-state index in [1.807, 2.05) is 24.0 Å². The molecule has 2 heterocycles. The molecule has 2 aromatic heterocycles. The van der Waals surface area contributed by atoms with Gasteiger partial charge in [0.15, 0.2) is 10.8 Å². The van der Waals surface area contributed by atoms with E-state index in [1.54, 1.807) is 11.3 Å². The maximum Gasteiger partial charge on any atom is 0.168 e. The van der Waals surface area contributed by atoms with E-state index in [1.165, 1.54) is 10.6 Å². The number of hydrogen-bond donors (Lipinski definition) is 1. The molecule has 2 aromatic rings. The number of hydrogen-bond acceptors (Lipinski definition) is 4. The molecule has 0 amide bonds. The molecule has 0 unspecified atom stereocenters. The summed E-state index contributed by atoms with van der Waals surface area (Å²) in [4.78, 5) is 10.6. The van der Waals surface area contributed by atoms with E-state index < -0.39 is 0 Å². The zero-order valence-electron chi connectivity index (χ0n) is 13.0. The number of aromatic nitrogens is 3. The van der Waals surface area contributed by atoms with Crippen LogP contribution in [-0.2, 0) is 19.0 Å². The van der Waals surface area contributed by atoms with Crippen LogP contribution in [0.3, 0.4) is 0 Å². The van der Waals surface area contributed by atoms with Crippen molar-refractivity contribution in [3.05, 3.63) is 23.0 Å². The normalized spacial score (nSPS) is 12.1. The van der Waals surface area contributed by atoms with Crippen LogP contribution in [0.25, 0.3) is 10.8 Å². The molecule has 0 saturated heterocycles. The fourth-order valence-electron chi connectivity index (χ4n) is 2.10. The van der Waals surface area contributed by atoms with Gasteiger partial charge in [0.05, 0.1) is 5.69 Å². The Bertz CT molecular complexity index is 563. The zero-order chi connectivity index (χ0) is 14.8. The second-order valence-electron chi connectivity index (χ2n) is 6.08. The summed E-state index contributed by atoms with van der Waals surface area (Å²) in [6.45, 7) is 10.8. The Morgan fingerprint density at radius 1 is 1.35 bits per heavy atom. The van der Waals surface area contributed by atoms with Crippen LogP contribution in [0, 0.1) is 0 Å². The van der Waals surface area contributed by atoms with Crippen LogP contribution < -0.4 is 5.32 Å². The van der Waals surface area contributed by atoms with Gasteiger partial charge in [-0.1, -0.05) is 27.7 Å². The average Bonchev–Trinajstić information content (AvgIpc) is 2.95. The van der Waals surface area contributed by atoms with Gasteiger partial charge in [0, 0.05) is 36.3 Å². The fourth-order valence-corrected chi connectivity index (χ4v) is 3.38. The standard InChI is InChI=1S/C15H24N4S/c1-6-7-16-10-11-12(15(2,3)4)18-14(20-11)13-17-8-9-19(13)5/h8-9,16H,6-7,10H2,1-5H3. The predicted molar refractivity (Wildman–Crippen MR) is 85.0 cm³/mol. The third-order valence-corrected chi connectivity index (χ3v) is 4.18. The van der Waals surface area contributed by atoms with Crippen molar-refractivity contribution in [2.24, 2.45) is 7.05 Å². The van der Waals surface area contributed by atoms with Gasteiger partial charge in [0.1, 0.15) is 0 Å². The van der Waals surface area contributed by atoms with Crippen LogP contribution in [-0.4, -0.2) is 21.1 Å². The average molecular weight is 292 g/mol. The molecule has 0 aliphatic carbocycles. The number of thiazole rings is 1. The molecule has 0 radical (unpaired) electrons. The molecule has 110 valence electrons. The van der Waals surface area contributed by atoms with Crippen molar-refractivity contribution in [2.45, 2.75) is 46.1 Å². The van der Waals surface area contributed by atoms with Gasteiger partial charge >= 0.3 is 0 Å². The van der Waals surface area contributed by atoms with E-state index in [0.29, 0.717) is 0 Å². The highest BCUT2D eigenvalue weighted by Crippen LogP contribution is 2.33. The minimum absolute atomic E-state index is 0.0587. The summed E-state index contributed by atoms with van der Waals surface area (Å²) in [5.74, 6) is 0.947. The molecule has 20 heavy (non-hydrogen) atoms. The summed E-state index contributed by atoms with van der Waals surface area (Å²) in [5, 5.41) is 4.49. The monoisotopic (exact) mass is 292 g/mol. The van der Waals surface area contributed by atoms with E-state index >= 15 is 0 Å². The summed E-state index contributed by atoms with van der Waals surface area (Å²) in [6, 6.07) is 0. The maximum absolute atomic E-state index is 4.86. The number of aryl methyl sites for hydroxylation is 1. The van der Waals surface area contributed by atoms with Crippen molar-refractivity contribution in [3.8, 4) is 10.8 Å². The van der Waals surface area contributed by atoms with Crippen LogP contribution in [0.2, 0.25) is 0 Å². The van der Waals surface area contributed by atoms with Gasteiger partial charge in [-0.05, 0) is 13.0 Å². The quantitative estimate of drug-likeness (QED) is 0.860. The molecule has 0 aliphatic heterocycles. The molecule has 0 spiro atoms. The van der Waals surface area contributed by atoms with Gasteiger partial charge in [0.25, 0.3) is 0 Å². The van der Waals surface area contributed by atoms with Crippen LogP contribution >= 0.6 is 11.3 Å². The molecule has 0 fully saturated rings. The Hall–Kier alpha value is -1.20. The Balaban J connectivity index is 2.34. The second-order valence-corrected chi connectivity index (χ2v) is 7.16. The van der Waals surface area contributed by atoms with E-state index in [9.17, 15) is 0 Å². The van der Waals surface area contributed by atoms with Crippen molar-refractivity contribution in [1.82, 2.24) is 19.9 Å². The largest absolute Gasteiger partial charge is 0.332 e. The first-order valence-electron chi connectivity index (χ1n) is 7.12. The second kappa shape index (κ2) is 6.06. The smallest absolute Gasteiger partial charge is 0.168 e. The number of rotatable bonds is 5. The third-order valence-electron chi connectivity index (χ3n) is 3.13. The van der Waals surface area contributed by atoms with E-state index in [2.05, 4.69) is 38.0 Å². The Morgan fingerprint density at radius 2 is 2.10 bits per heavy atom. The highest BCUT2D eigenvalue weighted by molar-refractivity contribution is 7.15. The Labute approximate surface area is 125 Å². The van der Waals surface area contributed by atoms with Crippen LogP contribution in [0.1, 0.15) is 44.7 Å². The molecule has 0 saturated carbocycles. The summed E-state index contributed by atoms with van der Waals surface area (Å²) < 4.78 is 2.02. The molecule has 0 aromatic carbocycles. The Kier molecular flexibility index (Phi) is 4.60. The summed E-state index contributed by atoms with van der Waals surface area (Å²) in [6.07, 6.45) is 4.93. The molecule has 1 N–H and O–H groups in total. The van der Waals surface area contributed by atoms with Crippen molar-refractivity contribution in [1.29, 1.82) is 0 Å². The predicted octanol–water partition coefficient (Wildman–Crippen LogP) is 3.34. The minimum atomic E-state index is 0.0587. The van der Waals surface area contributed by atoms with Crippen LogP contribution in [0.4, 0.5) is 0 Å². The van der Waals surface area contributed by atoms with Crippen LogP contribution in [0.15, 0.2) is 12.4 Å². The van der Waals surface area contributed by atoms with Crippen molar-refractivity contribution >= 4 is 11.3 Å². The summed E-state index contributed by atoms with van der Waals surface area (Å²) in [5.41, 5.74) is 1.24. The lowest BCUT2D eigenvalue weighted by molar-refractivity contribution is 0.559. The highest BCUT2D eigenvalue weighted by Gasteiger charge is 2.24. The fraction of sp³-hybridized carbons (Fsp3) is 0.600. The van der Waals surface area contributed by atoms with E-state index in [0.717, 1.165) is 30.3 Å². The van der Waals surface area contributed by atoms with E-state index in [4.69, 9.17) is 4.98 Å². The Morgan fingerprint density at radius 3 is 2.65 bits per heavy atom. The van der Waals surface area contributed by atoms with Crippen molar-refractivity contribution < 1.29 is 0 Å². The maximum atomic E-state index is 4.86. The number of nitrogens with one attached hydrogen (secondary N) is 1. The van der Waals surface area contributed by atoms with Gasteiger partial charge in [-0.2, -0.15) is 0 Å². The molecule has 0 bridgehead atoms. The molecule has 5 heteroatoms. The number of nitrogens with zero attached hydrogens (tertiary/aromatic N) is 3. The lowest BCUT2D eigenvalue weighted by Crippen LogP contribution is -2.19. The first-order chi connectivity index (χ1) is 9.43. The molecule has 4 nitrogen and oxygen atoms in total. The van der Waals surface area contributed by atoms with Gasteiger partial charge in [-0.25, -0.2) is 9.97 Å². The minimum Gasteiger partial charge on any atom is -0.332 e. The molecule has 2 rings (SSSR count). The summed E-state index contributed by atoms with van der Waals surface area (Å²) in [7, 11) is 2.01. The third kappa shape index (κ3) is 3.27. The first kappa shape index (κ1) is 15.2. The zero-order valence-corrected chi connectivity index (χ0v) is 13.8. The van der Waals surface area contributed by atoms with Gasteiger partial charge in [-0.3, -0.25) is 0 Å². The number of imidazole rings is 1. The van der Waals surface area contributed by atoms with Gasteiger partial charge in [0.2, 0.25) is 0 Å². The van der Waals surface area contributed by atoms with Crippen molar-refractivity contribution in [2.75, 3.05) is 6.54 Å². The molecular weight excluding hydrogens is 268 g/mol. The molecular formula is C15H24N4S. The first-order valence-corrected chi connectivity index (χ1v) is 7.93. The van der Waals surface area contributed by atoms with Crippen molar-refractivity contribution in [3.63, 3.8) is 0 Å². The van der Waals surface area contributed by atoms with Gasteiger partial charge < -0.3 is 9.88 Å². The highest BCUT2D eigenvalue weighted by atomic mass is 32.1.